The summed E-state index contributed by atoms with van der Waals surface area (Å²) < 4.78 is 0.576. The number of rotatable bonds is 5. The minimum atomic E-state index is -1.07. The second-order valence-electron chi connectivity index (χ2n) is 6.39. The Labute approximate surface area is 168 Å². The number of hydrogen-bond acceptors (Lipinski definition) is 7. The van der Waals surface area contributed by atoms with Crippen molar-refractivity contribution in [1.82, 2.24) is 9.97 Å². The van der Waals surface area contributed by atoms with Crippen molar-refractivity contribution in [3.8, 4) is 0 Å². The van der Waals surface area contributed by atoms with Crippen molar-refractivity contribution in [2.45, 2.75) is 19.4 Å². The molecule has 1 atom stereocenters. The summed E-state index contributed by atoms with van der Waals surface area (Å²) in [6.45, 7) is 1.65. The van der Waals surface area contributed by atoms with E-state index in [-0.39, 0.29) is 28.5 Å². The van der Waals surface area contributed by atoms with Crippen LogP contribution in [0.15, 0.2) is 54.1 Å². The van der Waals surface area contributed by atoms with Crippen LogP contribution in [0.4, 0.5) is 5.13 Å². The minimum absolute atomic E-state index is 0.0102. The number of carbonyl (C=O) groups excluding carboxylic acids is 2. The second-order valence-corrected chi connectivity index (χ2v) is 7.40. The van der Waals surface area contributed by atoms with E-state index in [1.165, 1.54) is 23.2 Å². The Kier molecular flexibility index (Phi) is 4.59. The van der Waals surface area contributed by atoms with Gasteiger partial charge in [-0.3, -0.25) is 19.5 Å². The maximum absolute atomic E-state index is 12.9. The smallest absolute Gasteiger partial charge is 0.335 e. The van der Waals surface area contributed by atoms with Crippen LogP contribution in [0.1, 0.15) is 35.3 Å². The molecule has 0 radical (unpaired) electrons. The Morgan fingerprint density at radius 3 is 2.72 bits per heavy atom. The lowest BCUT2D eigenvalue weighted by Crippen LogP contribution is -2.30. The maximum atomic E-state index is 12.9. The second kappa shape index (κ2) is 7.10. The number of amides is 1. The van der Waals surface area contributed by atoms with Gasteiger partial charge in [0.15, 0.2) is 16.7 Å². The van der Waals surface area contributed by atoms with E-state index in [4.69, 9.17) is 0 Å². The summed E-state index contributed by atoms with van der Waals surface area (Å²) in [7, 11) is 0. The number of carbonyl (C=O) groups is 3. The number of hydrogen-bond donors (Lipinski definition) is 2. The standard InChI is InChI=1S/C20H15N3O5S/c1-2-13(24)15-16(11-4-3-7-21-9-11)23(18(26)17(15)25)20-22-12-6-5-10(19(27)28)8-14(12)29-20/h3-9,16,25H,2H2,1H3,(H,27,28). The van der Waals surface area contributed by atoms with Gasteiger partial charge in [0.1, 0.15) is 0 Å². The highest BCUT2D eigenvalue weighted by Gasteiger charge is 2.45. The van der Waals surface area contributed by atoms with Gasteiger partial charge in [-0.25, -0.2) is 9.78 Å². The van der Waals surface area contributed by atoms with E-state index in [0.29, 0.717) is 15.8 Å². The third-order valence-electron chi connectivity index (χ3n) is 4.66. The van der Waals surface area contributed by atoms with E-state index in [2.05, 4.69) is 9.97 Å². The molecule has 1 aliphatic heterocycles. The van der Waals surface area contributed by atoms with E-state index < -0.39 is 23.7 Å². The first kappa shape index (κ1) is 18.8. The molecule has 0 spiro atoms. The van der Waals surface area contributed by atoms with Crippen LogP contribution in [-0.4, -0.2) is 37.8 Å². The third-order valence-corrected chi connectivity index (χ3v) is 5.68. The van der Waals surface area contributed by atoms with E-state index in [9.17, 15) is 24.6 Å². The zero-order valence-corrected chi connectivity index (χ0v) is 16.0. The fourth-order valence-electron chi connectivity index (χ4n) is 3.28. The number of aliphatic hydroxyl groups excluding tert-OH is 1. The average molecular weight is 409 g/mol. The van der Waals surface area contributed by atoms with Crippen molar-refractivity contribution in [3.63, 3.8) is 0 Å². The van der Waals surface area contributed by atoms with Crippen molar-refractivity contribution in [2.24, 2.45) is 0 Å². The topological polar surface area (TPSA) is 121 Å². The number of aromatic nitrogens is 2. The number of anilines is 1. The number of pyridine rings is 1. The lowest BCUT2D eigenvalue weighted by molar-refractivity contribution is -0.118. The summed E-state index contributed by atoms with van der Waals surface area (Å²) in [5.41, 5.74) is 1.19. The Morgan fingerprint density at radius 2 is 2.07 bits per heavy atom. The summed E-state index contributed by atoms with van der Waals surface area (Å²) >= 11 is 1.11. The molecular weight excluding hydrogens is 394 g/mol. The molecule has 0 fully saturated rings. The number of aromatic carboxylic acids is 1. The van der Waals surface area contributed by atoms with Gasteiger partial charge in [-0.05, 0) is 29.8 Å². The lowest BCUT2D eigenvalue weighted by atomic mass is 9.96. The molecule has 1 amide bonds. The normalized spacial score (nSPS) is 16.7. The number of fused-ring (bicyclic) bond motifs is 1. The molecule has 1 aromatic carbocycles. The van der Waals surface area contributed by atoms with Gasteiger partial charge in [0.25, 0.3) is 5.91 Å². The maximum Gasteiger partial charge on any atom is 0.335 e. The van der Waals surface area contributed by atoms with Gasteiger partial charge >= 0.3 is 5.97 Å². The number of aliphatic hydroxyl groups is 1. The fraction of sp³-hybridized carbons (Fsp3) is 0.150. The van der Waals surface area contributed by atoms with Crippen molar-refractivity contribution in [3.05, 3.63) is 65.2 Å². The quantitative estimate of drug-likeness (QED) is 0.663. The number of Topliss-reactive ketones (excluding diaryl/α,β-unsaturated/α-hetero) is 1. The molecule has 2 N–H and O–H groups in total. The number of benzene rings is 1. The summed E-state index contributed by atoms with van der Waals surface area (Å²) in [5, 5.41) is 19.9. The summed E-state index contributed by atoms with van der Waals surface area (Å²) in [6.07, 6.45) is 3.22. The molecule has 0 saturated heterocycles. The van der Waals surface area contributed by atoms with Crippen molar-refractivity contribution in [2.75, 3.05) is 4.90 Å². The van der Waals surface area contributed by atoms with Crippen LogP contribution in [0.25, 0.3) is 10.2 Å². The Morgan fingerprint density at radius 1 is 1.28 bits per heavy atom. The zero-order valence-electron chi connectivity index (χ0n) is 15.2. The molecule has 3 aromatic rings. The molecule has 8 nitrogen and oxygen atoms in total. The largest absolute Gasteiger partial charge is 0.503 e. The lowest BCUT2D eigenvalue weighted by Gasteiger charge is -2.23. The SMILES string of the molecule is CCC(=O)C1=C(O)C(=O)N(c2nc3ccc(C(=O)O)cc3s2)C1c1cccnc1. The van der Waals surface area contributed by atoms with Gasteiger partial charge in [-0.15, -0.1) is 0 Å². The molecule has 29 heavy (non-hydrogen) atoms. The Bertz CT molecular complexity index is 1190. The number of nitrogens with zero attached hydrogens (tertiary/aromatic N) is 3. The number of thiazole rings is 1. The predicted octanol–water partition coefficient (Wildman–Crippen LogP) is 3.27. The number of carboxylic acids is 1. The molecule has 1 aliphatic rings. The minimum Gasteiger partial charge on any atom is -0.503 e. The number of carboxylic acid groups (broad SMARTS) is 1. The molecule has 4 rings (SSSR count). The van der Waals surface area contributed by atoms with E-state index in [0.717, 1.165) is 11.3 Å². The molecule has 3 heterocycles. The molecule has 0 aliphatic carbocycles. The van der Waals surface area contributed by atoms with Gasteiger partial charge in [-0.2, -0.15) is 0 Å². The molecule has 0 saturated carbocycles. The van der Waals surface area contributed by atoms with Crippen LogP contribution in [0.2, 0.25) is 0 Å². The molecular formula is C20H15N3O5S. The van der Waals surface area contributed by atoms with E-state index >= 15 is 0 Å². The molecule has 9 heteroatoms. The average Bonchev–Trinajstić information content (AvgIpc) is 3.26. The molecule has 0 bridgehead atoms. The van der Waals surface area contributed by atoms with E-state index in [1.807, 2.05) is 0 Å². The molecule has 1 unspecified atom stereocenters. The highest BCUT2D eigenvalue weighted by molar-refractivity contribution is 7.22. The van der Waals surface area contributed by atoms with Gasteiger partial charge in [0.05, 0.1) is 27.4 Å². The van der Waals surface area contributed by atoms with E-state index in [1.54, 1.807) is 31.3 Å². The summed E-state index contributed by atoms with van der Waals surface area (Å²) in [6, 6.07) is 7.01. The summed E-state index contributed by atoms with van der Waals surface area (Å²) in [4.78, 5) is 46.4. The van der Waals surface area contributed by atoms with Gasteiger partial charge < -0.3 is 10.2 Å². The van der Waals surface area contributed by atoms with Gasteiger partial charge in [0, 0.05) is 18.8 Å². The first-order valence-electron chi connectivity index (χ1n) is 8.76. The highest BCUT2D eigenvalue weighted by atomic mass is 32.1. The van der Waals surface area contributed by atoms with Crippen LogP contribution in [-0.2, 0) is 9.59 Å². The zero-order chi connectivity index (χ0) is 20.7. The fourth-order valence-corrected chi connectivity index (χ4v) is 4.31. The highest BCUT2D eigenvalue weighted by Crippen LogP contribution is 2.43. The molecule has 2 aromatic heterocycles. The first-order chi connectivity index (χ1) is 13.9. The number of ketones is 1. The van der Waals surface area contributed by atoms with Crippen LogP contribution >= 0.6 is 11.3 Å². The van der Waals surface area contributed by atoms with Crippen LogP contribution < -0.4 is 4.90 Å². The van der Waals surface area contributed by atoms with Gasteiger partial charge in [-0.1, -0.05) is 24.3 Å². The predicted molar refractivity (Wildman–Crippen MR) is 106 cm³/mol. The van der Waals surface area contributed by atoms with Crippen LogP contribution in [0.5, 0.6) is 0 Å². The van der Waals surface area contributed by atoms with Crippen molar-refractivity contribution >= 4 is 44.3 Å². The van der Waals surface area contributed by atoms with Crippen LogP contribution in [0, 0.1) is 0 Å². The Balaban J connectivity index is 1.87. The van der Waals surface area contributed by atoms with Crippen molar-refractivity contribution in [1.29, 1.82) is 0 Å². The first-order valence-corrected chi connectivity index (χ1v) is 9.57. The van der Waals surface area contributed by atoms with Crippen molar-refractivity contribution < 1.29 is 24.6 Å². The monoisotopic (exact) mass is 409 g/mol. The third kappa shape index (κ3) is 3.05. The Hall–Kier alpha value is -3.59. The summed E-state index contributed by atoms with van der Waals surface area (Å²) in [5.74, 6) is -2.74. The molecule has 146 valence electrons. The van der Waals surface area contributed by atoms with Gasteiger partial charge in [0.2, 0.25) is 0 Å². The van der Waals surface area contributed by atoms with Crippen LogP contribution in [0.3, 0.4) is 0 Å².